The molecule has 0 saturated heterocycles. The van der Waals surface area contributed by atoms with Crippen LogP contribution in [0.4, 0.5) is 4.39 Å². The number of aryl methyl sites for hydroxylation is 1. The number of aromatic nitrogens is 1. The first-order valence-electron chi connectivity index (χ1n) is 7.55. The topological polar surface area (TPSA) is 42.0 Å². The van der Waals surface area contributed by atoms with Crippen molar-refractivity contribution in [2.24, 2.45) is 0 Å². The van der Waals surface area contributed by atoms with Gasteiger partial charge in [-0.3, -0.25) is 9.78 Å². The van der Waals surface area contributed by atoms with Crippen LogP contribution in [0.1, 0.15) is 42.7 Å². The third-order valence-corrected chi connectivity index (χ3v) is 3.57. The van der Waals surface area contributed by atoms with Crippen LogP contribution in [0, 0.1) is 12.7 Å². The zero-order valence-electron chi connectivity index (χ0n) is 13.2. The molecular weight excluding hydrogens is 279 g/mol. The Kier molecular flexibility index (Phi) is 5.26. The molecule has 1 aromatic heterocycles. The zero-order chi connectivity index (χ0) is 16.1. The summed E-state index contributed by atoms with van der Waals surface area (Å²) in [6, 6.07) is 9.88. The van der Waals surface area contributed by atoms with Crippen LogP contribution >= 0.6 is 0 Å². The van der Waals surface area contributed by atoms with Crippen molar-refractivity contribution in [3.63, 3.8) is 0 Å². The zero-order valence-corrected chi connectivity index (χ0v) is 13.2. The first-order chi connectivity index (χ1) is 10.5. The number of hydrogen-bond donors (Lipinski definition) is 1. The highest BCUT2D eigenvalue weighted by Crippen LogP contribution is 2.19. The highest BCUT2D eigenvalue weighted by atomic mass is 19.1. The monoisotopic (exact) mass is 300 g/mol. The van der Waals surface area contributed by atoms with E-state index >= 15 is 0 Å². The number of rotatable bonds is 5. The van der Waals surface area contributed by atoms with Crippen LogP contribution in [0.5, 0.6) is 0 Å². The van der Waals surface area contributed by atoms with E-state index in [1.54, 1.807) is 24.3 Å². The lowest BCUT2D eigenvalue weighted by Gasteiger charge is -2.14. The highest BCUT2D eigenvalue weighted by Gasteiger charge is 2.13. The van der Waals surface area contributed by atoms with E-state index in [0.717, 1.165) is 24.1 Å². The van der Waals surface area contributed by atoms with Gasteiger partial charge in [0.15, 0.2) is 0 Å². The van der Waals surface area contributed by atoms with Gasteiger partial charge in [0, 0.05) is 11.6 Å². The molecular formula is C18H21FN2O. The Bertz CT molecular complexity index is 653. The van der Waals surface area contributed by atoms with Crippen molar-refractivity contribution in [2.75, 3.05) is 0 Å². The molecule has 0 radical (unpaired) electrons. The maximum atomic E-state index is 13.0. The summed E-state index contributed by atoms with van der Waals surface area (Å²) in [4.78, 5) is 16.7. The van der Waals surface area contributed by atoms with Gasteiger partial charge in [-0.05, 0) is 56.7 Å². The molecule has 0 unspecified atom stereocenters. The van der Waals surface area contributed by atoms with Crippen LogP contribution < -0.4 is 5.32 Å². The molecule has 0 spiro atoms. The van der Waals surface area contributed by atoms with Crippen LogP contribution in [0.3, 0.4) is 0 Å². The van der Waals surface area contributed by atoms with Gasteiger partial charge in [-0.15, -0.1) is 0 Å². The van der Waals surface area contributed by atoms with E-state index in [4.69, 9.17) is 0 Å². The molecule has 0 aliphatic carbocycles. The summed E-state index contributed by atoms with van der Waals surface area (Å²) in [5, 5.41) is 2.98. The SMILES string of the molecule is CCC[C@H](C)NC(=O)c1ccc(-c2ccc(F)cc2)nc1C. The summed E-state index contributed by atoms with van der Waals surface area (Å²) in [5.41, 5.74) is 2.81. The predicted octanol–water partition coefficient (Wildman–Crippen LogP) is 4.11. The smallest absolute Gasteiger partial charge is 0.253 e. The van der Waals surface area contributed by atoms with Gasteiger partial charge in [-0.2, -0.15) is 0 Å². The second kappa shape index (κ2) is 7.16. The minimum atomic E-state index is -0.276. The molecule has 1 heterocycles. The molecule has 4 heteroatoms. The lowest BCUT2D eigenvalue weighted by molar-refractivity contribution is 0.0937. The van der Waals surface area contributed by atoms with Gasteiger partial charge >= 0.3 is 0 Å². The molecule has 0 fully saturated rings. The molecule has 1 amide bonds. The van der Waals surface area contributed by atoms with Crippen molar-refractivity contribution in [3.8, 4) is 11.3 Å². The summed E-state index contributed by atoms with van der Waals surface area (Å²) in [7, 11) is 0. The van der Waals surface area contributed by atoms with Crippen molar-refractivity contribution >= 4 is 5.91 Å². The third kappa shape index (κ3) is 3.91. The fourth-order valence-corrected chi connectivity index (χ4v) is 2.39. The van der Waals surface area contributed by atoms with E-state index in [-0.39, 0.29) is 17.8 Å². The van der Waals surface area contributed by atoms with Crippen LogP contribution in [0.25, 0.3) is 11.3 Å². The fourth-order valence-electron chi connectivity index (χ4n) is 2.39. The molecule has 0 bridgehead atoms. The van der Waals surface area contributed by atoms with Gasteiger partial charge < -0.3 is 5.32 Å². The normalized spacial score (nSPS) is 12.0. The van der Waals surface area contributed by atoms with Gasteiger partial charge in [0.1, 0.15) is 5.82 Å². The number of benzene rings is 1. The Morgan fingerprint density at radius 1 is 1.23 bits per heavy atom. The first kappa shape index (κ1) is 16.1. The number of nitrogens with zero attached hydrogens (tertiary/aromatic N) is 1. The molecule has 1 N–H and O–H groups in total. The van der Waals surface area contributed by atoms with Gasteiger partial charge in [-0.1, -0.05) is 13.3 Å². The molecule has 0 saturated carbocycles. The number of hydrogen-bond acceptors (Lipinski definition) is 2. The second-order valence-electron chi connectivity index (χ2n) is 5.50. The Labute approximate surface area is 130 Å². The summed E-state index contributed by atoms with van der Waals surface area (Å²) in [6.07, 6.45) is 1.98. The fraction of sp³-hybridized carbons (Fsp3) is 0.333. The molecule has 3 nitrogen and oxygen atoms in total. The van der Waals surface area contributed by atoms with Crippen molar-refractivity contribution in [3.05, 3.63) is 53.5 Å². The second-order valence-corrected chi connectivity index (χ2v) is 5.50. The maximum Gasteiger partial charge on any atom is 0.253 e. The average Bonchev–Trinajstić information content (AvgIpc) is 2.47. The van der Waals surface area contributed by atoms with Crippen molar-refractivity contribution in [1.29, 1.82) is 0 Å². The third-order valence-electron chi connectivity index (χ3n) is 3.57. The number of amides is 1. The van der Waals surface area contributed by atoms with E-state index in [0.29, 0.717) is 11.3 Å². The van der Waals surface area contributed by atoms with Gasteiger partial charge in [0.2, 0.25) is 0 Å². The van der Waals surface area contributed by atoms with Crippen LogP contribution in [-0.2, 0) is 0 Å². The quantitative estimate of drug-likeness (QED) is 0.902. The molecule has 0 aliphatic heterocycles. The molecule has 0 aliphatic rings. The summed E-state index contributed by atoms with van der Waals surface area (Å²) >= 11 is 0. The van der Waals surface area contributed by atoms with E-state index in [1.165, 1.54) is 12.1 Å². The van der Waals surface area contributed by atoms with Gasteiger partial charge in [-0.25, -0.2) is 4.39 Å². The summed E-state index contributed by atoms with van der Waals surface area (Å²) in [6.45, 7) is 5.90. The van der Waals surface area contributed by atoms with E-state index < -0.39 is 0 Å². The first-order valence-corrected chi connectivity index (χ1v) is 7.55. The Morgan fingerprint density at radius 2 is 1.91 bits per heavy atom. The number of pyridine rings is 1. The lowest BCUT2D eigenvalue weighted by Crippen LogP contribution is -2.32. The molecule has 2 rings (SSSR count). The highest BCUT2D eigenvalue weighted by molar-refractivity contribution is 5.95. The van der Waals surface area contributed by atoms with Crippen LogP contribution in [0.2, 0.25) is 0 Å². The van der Waals surface area contributed by atoms with Gasteiger partial charge in [0.05, 0.1) is 17.0 Å². The molecule has 2 aromatic rings. The van der Waals surface area contributed by atoms with E-state index in [9.17, 15) is 9.18 Å². The largest absolute Gasteiger partial charge is 0.350 e. The Hall–Kier alpha value is -2.23. The lowest BCUT2D eigenvalue weighted by atomic mass is 10.1. The Balaban J connectivity index is 2.19. The standard InChI is InChI=1S/C18H21FN2O/c1-4-5-12(2)20-18(22)16-10-11-17(21-13(16)3)14-6-8-15(19)9-7-14/h6-12H,4-5H2,1-3H3,(H,20,22)/t12-/m0/s1. The summed E-state index contributed by atoms with van der Waals surface area (Å²) in [5.74, 6) is -0.377. The van der Waals surface area contributed by atoms with Crippen molar-refractivity contribution in [2.45, 2.75) is 39.7 Å². The maximum absolute atomic E-state index is 13.0. The van der Waals surface area contributed by atoms with Crippen molar-refractivity contribution < 1.29 is 9.18 Å². The number of nitrogens with one attached hydrogen (secondary N) is 1. The van der Waals surface area contributed by atoms with E-state index in [2.05, 4.69) is 17.2 Å². The minimum Gasteiger partial charge on any atom is -0.350 e. The van der Waals surface area contributed by atoms with E-state index in [1.807, 2.05) is 13.8 Å². The van der Waals surface area contributed by atoms with Crippen LogP contribution in [-0.4, -0.2) is 16.9 Å². The summed E-state index contributed by atoms with van der Waals surface area (Å²) < 4.78 is 13.0. The molecule has 116 valence electrons. The van der Waals surface area contributed by atoms with Crippen LogP contribution in [0.15, 0.2) is 36.4 Å². The average molecular weight is 300 g/mol. The van der Waals surface area contributed by atoms with Gasteiger partial charge in [0.25, 0.3) is 5.91 Å². The molecule has 1 aromatic carbocycles. The Morgan fingerprint density at radius 3 is 2.50 bits per heavy atom. The molecule has 22 heavy (non-hydrogen) atoms. The number of carbonyl (C=O) groups excluding carboxylic acids is 1. The predicted molar refractivity (Wildman–Crippen MR) is 86.2 cm³/mol. The molecule has 1 atom stereocenters. The van der Waals surface area contributed by atoms with Crippen molar-refractivity contribution in [1.82, 2.24) is 10.3 Å². The number of halogens is 1. The number of carbonyl (C=O) groups is 1. The minimum absolute atomic E-state index is 0.100.